The zero-order valence-electron chi connectivity index (χ0n) is 7.92. The second-order valence-electron chi connectivity index (χ2n) is 3.04. The van der Waals surface area contributed by atoms with Crippen molar-refractivity contribution >= 4 is 26.9 Å². The Kier molecular flexibility index (Phi) is 2.89. The molecule has 14 heavy (non-hydrogen) atoms. The zero-order valence-corrected chi connectivity index (χ0v) is 9.50. The fourth-order valence-corrected chi connectivity index (χ4v) is 1.74. The molecule has 0 bridgehead atoms. The molecule has 2 aromatic rings. The van der Waals surface area contributed by atoms with Gasteiger partial charge in [0.25, 0.3) is 0 Å². The van der Waals surface area contributed by atoms with E-state index in [2.05, 4.69) is 15.9 Å². The predicted molar refractivity (Wildman–Crippen MR) is 59.2 cm³/mol. The molecule has 0 fully saturated rings. The lowest BCUT2D eigenvalue weighted by atomic mass is 10.2. The summed E-state index contributed by atoms with van der Waals surface area (Å²) in [6.45, 7) is 3.32. The normalized spacial score (nSPS) is 11.0. The number of ether oxygens (including phenoxy) is 1. The maximum Gasteiger partial charge on any atom is 0.134 e. The van der Waals surface area contributed by atoms with Gasteiger partial charge in [-0.15, -0.1) is 0 Å². The highest BCUT2D eigenvalue weighted by atomic mass is 79.9. The molecule has 1 aromatic carbocycles. The van der Waals surface area contributed by atoms with Crippen molar-refractivity contribution < 1.29 is 9.15 Å². The highest BCUT2D eigenvalue weighted by Gasteiger charge is 2.05. The third-order valence-corrected chi connectivity index (χ3v) is 2.57. The quantitative estimate of drug-likeness (QED) is 0.833. The number of hydrogen-bond donors (Lipinski definition) is 0. The fraction of sp³-hybridized carbons (Fsp3) is 0.273. The molecule has 0 saturated carbocycles. The second-order valence-corrected chi connectivity index (χ2v) is 3.95. The van der Waals surface area contributed by atoms with E-state index in [9.17, 15) is 0 Å². The van der Waals surface area contributed by atoms with Gasteiger partial charge < -0.3 is 9.15 Å². The van der Waals surface area contributed by atoms with E-state index in [0.29, 0.717) is 6.61 Å². The van der Waals surface area contributed by atoms with Gasteiger partial charge in [-0.3, -0.25) is 0 Å². The van der Waals surface area contributed by atoms with Crippen molar-refractivity contribution in [2.24, 2.45) is 0 Å². The van der Waals surface area contributed by atoms with Crippen LogP contribution in [0.4, 0.5) is 0 Å². The maximum absolute atomic E-state index is 5.40. The van der Waals surface area contributed by atoms with Gasteiger partial charge in [0, 0.05) is 22.0 Å². The fourth-order valence-electron chi connectivity index (χ4n) is 1.38. The first-order chi connectivity index (χ1) is 6.81. The van der Waals surface area contributed by atoms with Crippen LogP contribution in [0.3, 0.4) is 0 Å². The molecular formula is C11H11BrO2. The summed E-state index contributed by atoms with van der Waals surface area (Å²) in [5, 5.41) is 1.12. The first-order valence-corrected chi connectivity index (χ1v) is 5.34. The van der Waals surface area contributed by atoms with Crippen molar-refractivity contribution in [3.63, 3.8) is 0 Å². The van der Waals surface area contributed by atoms with Crippen LogP contribution in [0.25, 0.3) is 11.0 Å². The number of furan rings is 1. The summed E-state index contributed by atoms with van der Waals surface area (Å²) < 4.78 is 11.8. The van der Waals surface area contributed by atoms with E-state index in [1.165, 1.54) is 0 Å². The molecule has 0 aliphatic heterocycles. The molecule has 0 spiro atoms. The monoisotopic (exact) mass is 254 g/mol. The Hall–Kier alpha value is -0.800. The van der Waals surface area contributed by atoms with Crippen molar-refractivity contribution in [2.75, 3.05) is 6.61 Å². The van der Waals surface area contributed by atoms with E-state index in [1.54, 1.807) is 6.26 Å². The molecule has 0 atom stereocenters. The number of benzene rings is 1. The van der Waals surface area contributed by atoms with Crippen molar-refractivity contribution in [1.82, 2.24) is 0 Å². The van der Waals surface area contributed by atoms with Gasteiger partial charge in [0.05, 0.1) is 12.9 Å². The molecule has 0 aliphatic rings. The Bertz CT molecular complexity index is 434. The van der Waals surface area contributed by atoms with E-state index in [0.717, 1.165) is 27.6 Å². The van der Waals surface area contributed by atoms with Gasteiger partial charge in [-0.1, -0.05) is 15.9 Å². The third-order valence-electron chi connectivity index (χ3n) is 2.08. The van der Waals surface area contributed by atoms with Gasteiger partial charge >= 0.3 is 0 Å². The minimum atomic E-state index is 0.611. The molecule has 0 N–H and O–H groups in total. The van der Waals surface area contributed by atoms with E-state index < -0.39 is 0 Å². The minimum Gasteiger partial charge on any atom is -0.464 e. The van der Waals surface area contributed by atoms with Gasteiger partial charge in [-0.05, 0) is 25.1 Å². The Balaban J connectivity index is 2.40. The summed E-state index contributed by atoms with van der Waals surface area (Å²) in [6, 6.07) is 5.97. The molecule has 74 valence electrons. The van der Waals surface area contributed by atoms with Crippen molar-refractivity contribution in [3.8, 4) is 0 Å². The minimum absolute atomic E-state index is 0.611. The summed E-state index contributed by atoms with van der Waals surface area (Å²) in [6.07, 6.45) is 1.76. The van der Waals surface area contributed by atoms with Crippen LogP contribution in [-0.4, -0.2) is 6.61 Å². The van der Waals surface area contributed by atoms with Gasteiger partial charge in [-0.2, -0.15) is 0 Å². The van der Waals surface area contributed by atoms with Gasteiger partial charge in [0.2, 0.25) is 0 Å². The summed E-state index contributed by atoms with van der Waals surface area (Å²) in [5.74, 6) is 0. The third kappa shape index (κ3) is 1.83. The molecule has 2 rings (SSSR count). The first-order valence-electron chi connectivity index (χ1n) is 4.54. The van der Waals surface area contributed by atoms with Crippen molar-refractivity contribution in [2.45, 2.75) is 13.5 Å². The van der Waals surface area contributed by atoms with Crippen LogP contribution in [0.1, 0.15) is 12.5 Å². The second kappa shape index (κ2) is 4.15. The Morgan fingerprint density at radius 1 is 1.43 bits per heavy atom. The summed E-state index contributed by atoms with van der Waals surface area (Å²) in [4.78, 5) is 0. The average molecular weight is 255 g/mol. The van der Waals surface area contributed by atoms with Crippen LogP contribution in [0, 0.1) is 0 Å². The van der Waals surface area contributed by atoms with Crippen molar-refractivity contribution in [1.29, 1.82) is 0 Å². The Labute approximate surface area is 91.0 Å². The lowest BCUT2D eigenvalue weighted by Gasteiger charge is -1.98. The van der Waals surface area contributed by atoms with Crippen molar-refractivity contribution in [3.05, 3.63) is 34.5 Å². The van der Waals surface area contributed by atoms with E-state index in [1.807, 2.05) is 25.1 Å². The SMILES string of the molecule is CCOCc1coc2ccc(Br)cc12. The smallest absolute Gasteiger partial charge is 0.134 e. The summed E-state index contributed by atoms with van der Waals surface area (Å²) in [5.41, 5.74) is 2.01. The van der Waals surface area contributed by atoms with Gasteiger partial charge in [0.1, 0.15) is 5.58 Å². The molecule has 0 aliphatic carbocycles. The predicted octanol–water partition coefficient (Wildman–Crippen LogP) is 3.73. The standard InChI is InChI=1S/C11H11BrO2/c1-2-13-6-8-7-14-11-4-3-9(12)5-10(8)11/h3-5,7H,2,6H2,1H3. The highest BCUT2D eigenvalue weighted by Crippen LogP contribution is 2.25. The average Bonchev–Trinajstić information content (AvgIpc) is 2.57. The lowest BCUT2D eigenvalue weighted by Crippen LogP contribution is -1.89. The number of fused-ring (bicyclic) bond motifs is 1. The van der Waals surface area contributed by atoms with Gasteiger partial charge in [-0.25, -0.2) is 0 Å². The van der Waals surface area contributed by atoms with Crippen LogP contribution in [-0.2, 0) is 11.3 Å². The molecule has 0 saturated heterocycles. The zero-order chi connectivity index (χ0) is 9.97. The molecule has 2 nitrogen and oxygen atoms in total. The largest absolute Gasteiger partial charge is 0.464 e. The van der Waals surface area contributed by atoms with E-state index in [-0.39, 0.29) is 0 Å². The molecule has 1 heterocycles. The van der Waals surface area contributed by atoms with E-state index in [4.69, 9.17) is 9.15 Å². The Morgan fingerprint density at radius 2 is 2.29 bits per heavy atom. The van der Waals surface area contributed by atoms with Crippen LogP contribution in [0.5, 0.6) is 0 Å². The van der Waals surface area contributed by atoms with Crippen LogP contribution in [0.2, 0.25) is 0 Å². The summed E-state index contributed by atoms with van der Waals surface area (Å²) in [7, 11) is 0. The molecule has 1 aromatic heterocycles. The van der Waals surface area contributed by atoms with Crippen LogP contribution >= 0.6 is 15.9 Å². The topological polar surface area (TPSA) is 22.4 Å². The molecule has 0 amide bonds. The number of hydrogen-bond acceptors (Lipinski definition) is 2. The van der Waals surface area contributed by atoms with Crippen LogP contribution in [0.15, 0.2) is 33.4 Å². The summed E-state index contributed by atoms with van der Waals surface area (Å²) >= 11 is 3.44. The molecular weight excluding hydrogens is 244 g/mol. The molecule has 0 radical (unpaired) electrons. The maximum atomic E-state index is 5.40. The number of halogens is 1. The molecule has 0 unspecified atom stereocenters. The van der Waals surface area contributed by atoms with Gasteiger partial charge in [0.15, 0.2) is 0 Å². The Morgan fingerprint density at radius 3 is 3.07 bits per heavy atom. The molecule has 3 heteroatoms. The van der Waals surface area contributed by atoms with E-state index >= 15 is 0 Å². The lowest BCUT2D eigenvalue weighted by molar-refractivity contribution is 0.134. The first kappa shape index (κ1) is 9.74. The van der Waals surface area contributed by atoms with Crippen LogP contribution < -0.4 is 0 Å². The highest BCUT2D eigenvalue weighted by molar-refractivity contribution is 9.10. The number of rotatable bonds is 3.